The van der Waals surface area contributed by atoms with Crippen molar-refractivity contribution in [2.75, 3.05) is 19.5 Å². The molecule has 0 saturated carbocycles. The molecule has 0 unspecified atom stereocenters. The predicted molar refractivity (Wildman–Crippen MR) is 100 cm³/mol. The number of rotatable bonds is 5. The third kappa shape index (κ3) is 4.03. The van der Waals surface area contributed by atoms with E-state index in [9.17, 15) is 14.4 Å². The number of esters is 1. The van der Waals surface area contributed by atoms with Gasteiger partial charge < -0.3 is 19.5 Å². The highest BCUT2D eigenvalue weighted by Crippen LogP contribution is 2.34. The van der Waals surface area contributed by atoms with Gasteiger partial charge in [0.15, 0.2) is 5.78 Å². The average Bonchev–Trinajstić information content (AvgIpc) is 2.73. The first-order valence-electron chi connectivity index (χ1n) is 8.54. The molecule has 3 rings (SSSR count). The standard InChI is InChI=1S/C21H19NO6/c1-26-15-10-8-14(9-11-15)22-20(24)18-16(23)12-17(21(25)27-2)28-19(18)13-6-4-3-5-7-13/h3-12,18-19H,1-2H3,(H,22,24)/t18-,19+/m0/s1. The van der Waals surface area contributed by atoms with Gasteiger partial charge in [-0.25, -0.2) is 4.79 Å². The van der Waals surface area contributed by atoms with Crippen LogP contribution < -0.4 is 10.1 Å². The second-order valence-electron chi connectivity index (χ2n) is 6.05. The number of hydrogen-bond donors (Lipinski definition) is 1. The molecular formula is C21H19NO6. The zero-order valence-corrected chi connectivity index (χ0v) is 15.4. The van der Waals surface area contributed by atoms with Crippen molar-refractivity contribution in [1.82, 2.24) is 0 Å². The Balaban J connectivity index is 1.90. The Hall–Kier alpha value is -3.61. The number of ether oxygens (including phenoxy) is 3. The number of hydrogen-bond acceptors (Lipinski definition) is 6. The molecule has 2 aromatic carbocycles. The van der Waals surface area contributed by atoms with Crippen molar-refractivity contribution >= 4 is 23.3 Å². The van der Waals surface area contributed by atoms with Crippen molar-refractivity contribution in [3.8, 4) is 5.75 Å². The summed E-state index contributed by atoms with van der Waals surface area (Å²) < 4.78 is 15.4. The van der Waals surface area contributed by atoms with Crippen molar-refractivity contribution in [2.24, 2.45) is 5.92 Å². The molecule has 0 aromatic heterocycles. The summed E-state index contributed by atoms with van der Waals surface area (Å²) in [5.41, 5.74) is 1.10. The van der Waals surface area contributed by atoms with Crippen LogP contribution in [-0.2, 0) is 23.9 Å². The molecule has 0 aliphatic carbocycles. The fourth-order valence-electron chi connectivity index (χ4n) is 2.88. The molecule has 28 heavy (non-hydrogen) atoms. The lowest BCUT2D eigenvalue weighted by molar-refractivity contribution is -0.148. The van der Waals surface area contributed by atoms with Crippen LogP contribution in [0.5, 0.6) is 5.75 Å². The highest BCUT2D eigenvalue weighted by atomic mass is 16.6. The summed E-state index contributed by atoms with van der Waals surface area (Å²) in [5.74, 6) is -2.59. The first kappa shape index (κ1) is 19.2. The van der Waals surface area contributed by atoms with Crippen LogP contribution in [0.25, 0.3) is 0 Å². The van der Waals surface area contributed by atoms with E-state index in [1.165, 1.54) is 7.11 Å². The molecule has 1 aliphatic rings. The number of allylic oxidation sites excluding steroid dienone is 1. The Bertz CT molecular complexity index is 904. The Morgan fingerprint density at radius 3 is 2.29 bits per heavy atom. The highest BCUT2D eigenvalue weighted by molar-refractivity contribution is 6.14. The summed E-state index contributed by atoms with van der Waals surface area (Å²) in [4.78, 5) is 37.4. The monoisotopic (exact) mass is 381 g/mol. The number of anilines is 1. The van der Waals surface area contributed by atoms with Gasteiger partial charge in [-0.3, -0.25) is 9.59 Å². The molecule has 0 bridgehead atoms. The molecule has 1 aliphatic heterocycles. The highest BCUT2D eigenvalue weighted by Gasteiger charge is 2.41. The first-order valence-corrected chi connectivity index (χ1v) is 8.54. The molecule has 2 aromatic rings. The van der Waals surface area contributed by atoms with Crippen LogP contribution in [0, 0.1) is 5.92 Å². The van der Waals surface area contributed by atoms with E-state index in [0.717, 1.165) is 6.08 Å². The Labute approximate surface area is 161 Å². The number of methoxy groups -OCH3 is 2. The number of nitrogens with one attached hydrogen (secondary N) is 1. The second kappa shape index (κ2) is 8.39. The van der Waals surface area contributed by atoms with Crippen LogP contribution in [0.15, 0.2) is 66.4 Å². The number of carbonyl (C=O) groups excluding carboxylic acids is 3. The zero-order valence-electron chi connectivity index (χ0n) is 15.4. The van der Waals surface area contributed by atoms with Gasteiger partial charge in [-0.15, -0.1) is 0 Å². The van der Waals surface area contributed by atoms with E-state index in [4.69, 9.17) is 9.47 Å². The molecule has 0 radical (unpaired) electrons. The van der Waals surface area contributed by atoms with Crippen molar-refractivity contribution < 1.29 is 28.6 Å². The number of benzene rings is 2. The number of amides is 1. The minimum Gasteiger partial charge on any atom is -0.497 e. The lowest BCUT2D eigenvalue weighted by Gasteiger charge is -2.29. The lowest BCUT2D eigenvalue weighted by atomic mass is 9.88. The van der Waals surface area contributed by atoms with Crippen molar-refractivity contribution in [1.29, 1.82) is 0 Å². The van der Waals surface area contributed by atoms with E-state index >= 15 is 0 Å². The fraction of sp³-hybridized carbons (Fsp3) is 0.190. The lowest BCUT2D eigenvalue weighted by Crippen LogP contribution is -2.38. The van der Waals surface area contributed by atoms with E-state index < -0.39 is 29.7 Å². The van der Waals surface area contributed by atoms with Crippen LogP contribution >= 0.6 is 0 Å². The summed E-state index contributed by atoms with van der Waals surface area (Å²) >= 11 is 0. The third-order valence-corrected chi connectivity index (χ3v) is 4.29. The molecule has 0 fully saturated rings. The maximum atomic E-state index is 12.9. The predicted octanol–water partition coefficient (Wildman–Crippen LogP) is 2.65. The molecule has 7 nitrogen and oxygen atoms in total. The van der Waals surface area contributed by atoms with Gasteiger partial charge in [0.25, 0.3) is 0 Å². The first-order chi connectivity index (χ1) is 13.5. The minimum absolute atomic E-state index is 0.227. The van der Waals surface area contributed by atoms with Crippen LogP contribution in [0.3, 0.4) is 0 Å². The molecule has 1 amide bonds. The Kier molecular flexibility index (Phi) is 5.74. The smallest absolute Gasteiger partial charge is 0.373 e. The minimum atomic E-state index is -1.15. The summed E-state index contributed by atoms with van der Waals surface area (Å²) in [6.07, 6.45) is 0.0508. The SMILES string of the molecule is COC(=O)C1=CC(=O)[C@H](C(=O)Nc2ccc(OC)cc2)[C@@H](c2ccccc2)O1. The Morgan fingerprint density at radius 2 is 1.68 bits per heavy atom. The average molecular weight is 381 g/mol. The van der Waals surface area contributed by atoms with Gasteiger partial charge in [-0.2, -0.15) is 0 Å². The summed E-state index contributed by atoms with van der Waals surface area (Å²) in [6.45, 7) is 0. The van der Waals surface area contributed by atoms with Crippen LogP contribution in [0.1, 0.15) is 11.7 Å². The molecule has 2 atom stereocenters. The third-order valence-electron chi connectivity index (χ3n) is 4.29. The normalized spacial score (nSPS) is 18.5. The van der Waals surface area contributed by atoms with E-state index in [1.54, 1.807) is 61.7 Å². The van der Waals surface area contributed by atoms with E-state index in [-0.39, 0.29) is 5.76 Å². The summed E-state index contributed by atoms with van der Waals surface area (Å²) in [7, 11) is 2.73. The van der Waals surface area contributed by atoms with Gasteiger partial charge in [-0.1, -0.05) is 30.3 Å². The number of ketones is 1. The fourth-order valence-corrected chi connectivity index (χ4v) is 2.88. The molecule has 7 heteroatoms. The topological polar surface area (TPSA) is 90.9 Å². The number of carbonyl (C=O) groups is 3. The van der Waals surface area contributed by atoms with Gasteiger partial charge in [0.1, 0.15) is 17.8 Å². The zero-order chi connectivity index (χ0) is 20.1. The van der Waals surface area contributed by atoms with Crippen LogP contribution in [0.2, 0.25) is 0 Å². The van der Waals surface area contributed by atoms with Gasteiger partial charge in [0, 0.05) is 11.8 Å². The molecular weight excluding hydrogens is 362 g/mol. The van der Waals surface area contributed by atoms with Gasteiger partial charge in [-0.05, 0) is 29.8 Å². The quantitative estimate of drug-likeness (QED) is 0.632. The second-order valence-corrected chi connectivity index (χ2v) is 6.05. The van der Waals surface area contributed by atoms with Crippen molar-refractivity contribution in [3.63, 3.8) is 0 Å². The Morgan fingerprint density at radius 1 is 1.00 bits per heavy atom. The van der Waals surface area contributed by atoms with Gasteiger partial charge in [0.05, 0.1) is 14.2 Å². The molecule has 1 heterocycles. The van der Waals surface area contributed by atoms with E-state index in [0.29, 0.717) is 17.0 Å². The van der Waals surface area contributed by atoms with E-state index in [2.05, 4.69) is 10.1 Å². The largest absolute Gasteiger partial charge is 0.497 e. The maximum absolute atomic E-state index is 12.9. The van der Waals surface area contributed by atoms with Gasteiger partial charge in [0.2, 0.25) is 11.7 Å². The van der Waals surface area contributed by atoms with Crippen molar-refractivity contribution in [3.05, 3.63) is 72.0 Å². The van der Waals surface area contributed by atoms with Gasteiger partial charge >= 0.3 is 5.97 Å². The molecule has 144 valence electrons. The molecule has 0 spiro atoms. The van der Waals surface area contributed by atoms with E-state index in [1.807, 2.05) is 0 Å². The molecule has 0 saturated heterocycles. The maximum Gasteiger partial charge on any atom is 0.373 e. The molecule has 1 N–H and O–H groups in total. The summed E-state index contributed by atoms with van der Waals surface area (Å²) in [6, 6.07) is 15.5. The summed E-state index contributed by atoms with van der Waals surface area (Å²) in [5, 5.41) is 2.71. The van der Waals surface area contributed by atoms with Crippen molar-refractivity contribution in [2.45, 2.75) is 6.10 Å². The van der Waals surface area contributed by atoms with Crippen LogP contribution in [0.4, 0.5) is 5.69 Å². The van der Waals surface area contributed by atoms with Crippen LogP contribution in [-0.4, -0.2) is 31.9 Å².